The van der Waals surface area contributed by atoms with E-state index >= 15 is 0 Å². The van der Waals surface area contributed by atoms with E-state index in [1.807, 2.05) is 0 Å². The third-order valence-electron chi connectivity index (χ3n) is 4.90. The van der Waals surface area contributed by atoms with E-state index < -0.39 is 42.0 Å². The van der Waals surface area contributed by atoms with Crippen molar-refractivity contribution in [2.45, 2.75) is 31.4 Å². The molecule has 170 valence electrons. The van der Waals surface area contributed by atoms with E-state index in [-0.39, 0.29) is 41.9 Å². The molecule has 1 saturated heterocycles. The molecular weight excluding hydrogens is 438 g/mol. The Hall–Kier alpha value is -3.77. The molecular formula is C19H17F4N5O4. The molecule has 0 bridgehead atoms. The lowest BCUT2D eigenvalue weighted by molar-refractivity contribution is -0.141. The van der Waals surface area contributed by atoms with Crippen molar-refractivity contribution in [3.8, 4) is 11.3 Å². The van der Waals surface area contributed by atoms with Gasteiger partial charge in [-0.2, -0.15) is 13.2 Å². The van der Waals surface area contributed by atoms with Gasteiger partial charge in [0.25, 0.3) is 5.91 Å². The molecule has 2 aromatic heterocycles. The normalized spacial score (nSPS) is 18.4. The van der Waals surface area contributed by atoms with Gasteiger partial charge in [-0.05, 0) is 30.2 Å². The summed E-state index contributed by atoms with van der Waals surface area (Å²) in [6.45, 7) is -0.460. The summed E-state index contributed by atoms with van der Waals surface area (Å²) in [6, 6.07) is 1.69. The van der Waals surface area contributed by atoms with Crippen LogP contribution in [0.1, 0.15) is 28.0 Å². The molecule has 9 nitrogen and oxygen atoms in total. The molecule has 1 fully saturated rings. The molecule has 2 atom stereocenters. The maximum Gasteiger partial charge on any atom is 0.433 e. The Morgan fingerprint density at radius 1 is 1.22 bits per heavy atom. The standard InChI is InChI=1S/C19H17F4N5O4/c20-12-3-4-28(18(31)32)15(12)17(30)27-7-10-5-13(25-8-11(10)16(24)29)9-1-2-14(26-6-9)19(21,22)23/h1-2,5-6,8,12,15H,3-4,7H2,(H2,24,29)(H,27,30)(H,31,32)/t12-,15-/m0/s1. The van der Waals surface area contributed by atoms with Crippen molar-refractivity contribution in [2.24, 2.45) is 5.73 Å². The first-order valence-corrected chi connectivity index (χ1v) is 9.22. The van der Waals surface area contributed by atoms with E-state index in [0.717, 1.165) is 24.5 Å². The zero-order valence-electron chi connectivity index (χ0n) is 16.3. The van der Waals surface area contributed by atoms with E-state index in [9.17, 15) is 31.9 Å². The summed E-state index contributed by atoms with van der Waals surface area (Å²) in [6.07, 6.45) is -5.83. The fourth-order valence-electron chi connectivity index (χ4n) is 3.30. The second kappa shape index (κ2) is 8.77. The van der Waals surface area contributed by atoms with Crippen LogP contribution in [0.3, 0.4) is 0 Å². The van der Waals surface area contributed by atoms with E-state index in [2.05, 4.69) is 15.3 Å². The van der Waals surface area contributed by atoms with E-state index in [1.54, 1.807) is 0 Å². The molecule has 3 amide bonds. The lowest BCUT2D eigenvalue weighted by Crippen LogP contribution is -2.48. The van der Waals surface area contributed by atoms with Crippen molar-refractivity contribution in [1.82, 2.24) is 20.2 Å². The quantitative estimate of drug-likeness (QED) is 0.590. The highest BCUT2D eigenvalue weighted by Gasteiger charge is 2.42. The van der Waals surface area contributed by atoms with Gasteiger partial charge in [-0.1, -0.05) is 0 Å². The van der Waals surface area contributed by atoms with Crippen LogP contribution in [0.2, 0.25) is 0 Å². The van der Waals surface area contributed by atoms with Crippen molar-refractivity contribution in [3.63, 3.8) is 0 Å². The third kappa shape index (κ3) is 4.76. The van der Waals surface area contributed by atoms with Gasteiger partial charge < -0.3 is 16.2 Å². The van der Waals surface area contributed by atoms with Crippen LogP contribution in [0.5, 0.6) is 0 Å². The molecule has 32 heavy (non-hydrogen) atoms. The number of likely N-dealkylation sites (tertiary alicyclic amines) is 1. The van der Waals surface area contributed by atoms with Crippen LogP contribution < -0.4 is 11.1 Å². The number of nitrogens with zero attached hydrogens (tertiary/aromatic N) is 3. The van der Waals surface area contributed by atoms with Crippen LogP contribution in [0.4, 0.5) is 22.4 Å². The predicted molar refractivity (Wildman–Crippen MR) is 101 cm³/mol. The summed E-state index contributed by atoms with van der Waals surface area (Å²) in [5.41, 5.74) is 4.65. The third-order valence-corrected chi connectivity index (χ3v) is 4.90. The van der Waals surface area contributed by atoms with Crippen LogP contribution in [-0.4, -0.2) is 56.6 Å². The van der Waals surface area contributed by atoms with Crippen molar-refractivity contribution >= 4 is 17.9 Å². The number of halogens is 4. The minimum absolute atomic E-state index is 0.0766. The Balaban J connectivity index is 1.83. The minimum Gasteiger partial charge on any atom is -0.465 e. The van der Waals surface area contributed by atoms with Crippen LogP contribution in [-0.2, 0) is 17.5 Å². The molecule has 1 aliphatic heterocycles. The average Bonchev–Trinajstić information content (AvgIpc) is 3.13. The summed E-state index contributed by atoms with van der Waals surface area (Å²) in [5.74, 6) is -1.78. The summed E-state index contributed by atoms with van der Waals surface area (Å²) in [4.78, 5) is 43.3. The molecule has 0 aliphatic carbocycles. The first-order chi connectivity index (χ1) is 15.0. The molecule has 0 aromatic carbocycles. The highest BCUT2D eigenvalue weighted by molar-refractivity contribution is 5.94. The summed E-state index contributed by atoms with van der Waals surface area (Å²) >= 11 is 0. The topological polar surface area (TPSA) is 139 Å². The number of nitrogens with one attached hydrogen (secondary N) is 1. The Labute approximate surface area is 178 Å². The number of nitrogens with two attached hydrogens (primary N) is 1. The zero-order chi connectivity index (χ0) is 23.6. The number of carbonyl (C=O) groups is 3. The van der Waals surface area contributed by atoms with Gasteiger partial charge in [-0.3, -0.25) is 24.5 Å². The monoisotopic (exact) mass is 455 g/mol. The number of rotatable bonds is 5. The second-order valence-corrected chi connectivity index (χ2v) is 6.96. The predicted octanol–water partition coefficient (Wildman–Crippen LogP) is 1.97. The summed E-state index contributed by atoms with van der Waals surface area (Å²) in [7, 11) is 0. The molecule has 4 N–H and O–H groups in total. The van der Waals surface area contributed by atoms with Gasteiger partial charge in [-0.25, -0.2) is 9.18 Å². The van der Waals surface area contributed by atoms with Crippen molar-refractivity contribution < 1.29 is 37.1 Å². The van der Waals surface area contributed by atoms with Crippen molar-refractivity contribution in [3.05, 3.63) is 47.4 Å². The SMILES string of the molecule is NC(=O)c1cnc(-c2ccc(C(F)(F)F)nc2)cc1CNC(=O)[C@@H]1[C@@H](F)CCN1C(=O)O. The van der Waals surface area contributed by atoms with Crippen LogP contribution in [0.25, 0.3) is 11.3 Å². The number of amides is 3. The number of pyridine rings is 2. The van der Waals surface area contributed by atoms with Crippen LogP contribution in [0, 0.1) is 0 Å². The lowest BCUT2D eigenvalue weighted by Gasteiger charge is -2.22. The molecule has 3 heterocycles. The second-order valence-electron chi connectivity index (χ2n) is 6.96. The van der Waals surface area contributed by atoms with Gasteiger partial charge in [0.15, 0.2) is 0 Å². The molecule has 0 saturated carbocycles. The van der Waals surface area contributed by atoms with Crippen molar-refractivity contribution in [1.29, 1.82) is 0 Å². The van der Waals surface area contributed by atoms with E-state index in [1.165, 1.54) is 6.07 Å². The maximum atomic E-state index is 14.0. The Morgan fingerprint density at radius 2 is 1.94 bits per heavy atom. The zero-order valence-corrected chi connectivity index (χ0v) is 16.3. The number of primary amides is 1. The molecule has 0 radical (unpaired) electrons. The Kier molecular flexibility index (Phi) is 6.27. The highest BCUT2D eigenvalue weighted by Crippen LogP contribution is 2.29. The number of alkyl halides is 4. The lowest BCUT2D eigenvalue weighted by atomic mass is 10.0. The summed E-state index contributed by atoms with van der Waals surface area (Å²) in [5, 5.41) is 11.5. The molecule has 3 rings (SSSR count). The van der Waals surface area contributed by atoms with Crippen molar-refractivity contribution in [2.75, 3.05) is 6.54 Å². The fraction of sp³-hybridized carbons (Fsp3) is 0.316. The minimum atomic E-state index is -4.62. The Morgan fingerprint density at radius 3 is 2.50 bits per heavy atom. The number of aromatic nitrogens is 2. The molecule has 1 aliphatic rings. The fourth-order valence-corrected chi connectivity index (χ4v) is 3.30. The van der Waals surface area contributed by atoms with Gasteiger partial charge >= 0.3 is 12.3 Å². The van der Waals surface area contributed by atoms with Gasteiger partial charge in [0.2, 0.25) is 5.91 Å². The average molecular weight is 455 g/mol. The van der Waals surface area contributed by atoms with Crippen LogP contribution >= 0.6 is 0 Å². The summed E-state index contributed by atoms with van der Waals surface area (Å²) < 4.78 is 52.1. The van der Waals surface area contributed by atoms with Gasteiger partial charge in [0, 0.05) is 31.0 Å². The van der Waals surface area contributed by atoms with Gasteiger partial charge in [0.05, 0.1) is 11.3 Å². The molecule has 2 aromatic rings. The molecule has 13 heteroatoms. The smallest absolute Gasteiger partial charge is 0.433 e. The molecule has 0 unspecified atom stereocenters. The molecule has 0 spiro atoms. The first-order valence-electron chi connectivity index (χ1n) is 9.22. The largest absolute Gasteiger partial charge is 0.465 e. The number of carbonyl (C=O) groups excluding carboxylic acids is 2. The van der Waals surface area contributed by atoms with Gasteiger partial charge in [-0.15, -0.1) is 0 Å². The number of carboxylic acid groups (broad SMARTS) is 1. The maximum absolute atomic E-state index is 14.0. The van der Waals surface area contributed by atoms with E-state index in [0.29, 0.717) is 4.90 Å². The van der Waals surface area contributed by atoms with Crippen LogP contribution in [0.15, 0.2) is 30.6 Å². The first kappa shape index (κ1) is 22.9. The Bertz CT molecular complexity index is 1050. The number of hydrogen-bond acceptors (Lipinski definition) is 5. The highest BCUT2D eigenvalue weighted by atomic mass is 19.4. The number of hydrogen-bond donors (Lipinski definition) is 3. The van der Waals surface area contributed by atoms with Gasteiger partial charge in [0.1, 0.15) is 17.9 Å². The van der Waals surface area contributed by atoms with E-state index in [4.69, 9.17) is 10.8 Å².